The van der Waals surface area contributed by atoms with Gasteiger partial charge in [-0.2, -0.15) is 0 Å². The van der Waals surface area contributed by atoms with Gasteiger partial charge in [-0.15, -0.1) is 0 Å². The third kappa shape index (κ3) is 4.71. The normalized spacial score (nSPS) is 15.2. The van der Waals surface area contributed by atoms with E-state index in [-0.39, 0.29) is 12.5 Å². The molecule has 0 spiro atoms. The lowest BCUT2D eigenvalue weighted by Crippen LogP contribution is -2.32. The smallest absolute Gasteiger partial charge is 0.276 e. The number of hydrogen-bond acceptors (Lipinski definition) is 6. The zero-order valence-corrected chi connectivity index (χ0v) is 16.6. The van der Waals surface area contributed by atoms with Crippen LogP contribution in [-0.2, 0) is 16.1 Å². The third-order valence-electron chi connectivity index (χ3n) is 4.10. The molecule has 0 atom stereocenters. The summed E-state index contributed by atoms with van der Waals surface area (Å²) in [4.78, 5) is 14.0. The zero-order valence-electron chi connectivity index (χ0n) is 15.8. The van der Waals surface area contributed by atoms with E-state index in [0.717, 1.165) is 0 Å². The Kier molecular flexibility index (Phi) is 6.67. The summed E-state index contributed by atoms with van der Waals surface area (Å²) >= 11 is 5.23. The first-order valence-electron chi connectivity index (χ1n) is 8.80. The number of nitrogens with one attached hydrogen (secondary N) is 1. The van der Waals surface area contributed by atoms with Crippen molar-refractivity contribution < 1.29 is 23.4 Å². The van der Waals surface area contributed by atoms with Crippen LogP contribution in [0.15, 0.2) is 46.5 Å². The quantitative estimate of drug-likeness (QED) is 0.393. The predicted octanol–water partition coefficient (Wildman–Crippen LogP) is 2.96. The van der Waals surface area contributed by atoms with E-state index in [1.54, 1.807) is 32.4 Å². The SMILES string of the molecule is COCCCN1C(=O)/C(=C\c2ccc(COc3ccccc3OC)o2)NC1=S. The minimum atomic E-state index is -0.177. The topological polar surface area (TPSA) is 73.2 Å². The summed E-state index contributed by atoms with van der Waals surface area (Å²) in [5, 5.41) is 3.32. The fourth-order valence-corrected chi connectivity index (χ4v) is 3.00. The Hall–Kier alpha value is -2.84. The second-order valence-electron chi connectivity index (χ2n) is 6.03. The predicted molar refractivity (Wildman–Crippen MR) is 108 cm³/mol. The number of thiocarbonyl (C=S) groups is 1. The number of carbonyl (C=O) groups excluding carboxylic acids is 1. The third-order valence-corrected chi connectivity index (χ3v) is 4.42. The highest BCUT2D eigenvalue weighted by atomic mass is 32.1. The van der Waals surface area contributed by atoms with Gasteiger partial charge >= 0.3 is 0 Å². The summed E-state index contributed by atoms with van der Waals surface area (Å²) in [5.74, 6) is 2.27. The number of hydrogen-bond donors (Lipinski definition) is 1. The largest absolute Gasteiger partial charge is 0.493 e. The average Bonchev–Trinajstić information content (AvgIpc) is 3.26. The summed E-state index contributed by atoms with van der Waals surface area (Å²) in [6.07, 6.45) is 2.35. The van der Waals surface area contributed by atoms with E-state index in [9.17, 15) is 4.79 Å². The highest BCUT2D eigenvalue weighted by molar-refractivity contribution is 7.80. The molecule has 148 valence electrons. The molecule has 1 fully saturated rings. The molecule has 2 aromatic rings. The second kappa shape index (κ2) is 9.38. The van der Waals surface area contributed by atoms with Crippen LogP contribution in [0.1, 0.15) is 17.9 Å². The van der Waals surface area contributed by atoms with Gasteiger partial charge in [-0.3, -0.25) is 9.69 Å². The molecule has 0 radical (unpaired) electrons. The molecule has 2 heterocycles. The highest BCUT2D eigenvalue weighted by Crippen LogP contribution is 2.27. The number of ether oxygens (including phenoxy) is 3. The standard InChI is InChI=1S/C20H22N2O5S/c1-24-11-5-10-22-19(23)16(21-20(22)28)12-14-8-9-15(27-14)13-26-18-7-4-3-6-17(18)25-2/h3-4,6-9,12H,5,10-11,13H2,1-2H3,(H,21,28)/b16-12+. The number of carbonyl (C=O) groups is 1. The molecule has 1 aliphatic rings. The van der Waals surface area contributed by atoms with Crippen molar-refractivity contribution in [1.29, 1.82) is 0 Å². The van der Waals surface area contributed by atoms with E-state index in [0.29, 0.717) is 53.4 Å². The van der Waals surface area contributed by atoms with Crippen LogP contribution in [0.4, 0.5) is 0 Å². The van der Waals surface area contributed by atoms with E-state index in [1.807, 2.05) is 24.3 Å². The average molecular weight is 402 g/mol. The van der Waals surface area contributed by atoms with Crippen molar-refractivity contribution in [2.24, 2.45) is 0 Å². The monoisotopic (exact) mass is 402 g/mol. The van der Waals surface area contributed by atoms with E-state index in [2.05, 4.69) is 5.32 Å². The number of benzene rings is 1. The minimum absolute atomic E-state index is 0.177. The van der Waals surface area contributed by atoms with Gasteiger partial charge in [-0.1, -0.05) is 12.1 Å². The van der Waals surface area contributed by atoms with E-state index >= 15 is 0 Å². The molecule has 1 aliphatic heterocycles. The summed E-state index contributed by atoms with van der Waals surface area (Å²) in [7, 11) is 3.22. The van der Waals surface area contributed by atoms with Crippen LogP contribution in [-0.4, -0.2) is 43.3 Å². The van der Waals surface area contributed by atoms with Gasteiger partial charge in [0.05, 0.1) is 7.11 Å². The molecule has 28 heavy (non-hydrogen) atoms. The van der Waals surface area contributed by atoms with E-state index in [1.165, 1.54) is 4.90 Å². The molecular weight excluding hydrogens is 380 g/mol. The molecule has 1 amide bonds. The summed E-state index contributed by atoms with van der Waals surface area (Å²) in [6.45, 7) is 1.32. The lowest BCUT2D eigenvalue weighted by Gasteiger charge is -2.12. The second-order valence-corrected chi connectivity index (χ2v) is 6.42. The number of nitrogens with zero attached hydrogens (tertiary/aromatic N) is 1. The van der Waals surface area contributed by atoms with Crippen LogP contribution in [0.5, 0.6) is 11.5 Å². The Labute approximate surface area is 168 Å². The molecule has 1 N–H and O–H groups in total. The Bertz CT molecular complexity index is 877. The first-order valence-corrected chi connectivity index (χ1v) is 9.21. The minimum Gasteiger partial charge on any atom is -0.493 e. The molecule has 0 bridgehead atoms. The summed E-state index contributed by atoms with van der Waals surface area (Å²) < 4.78 is 21.8. The molecule has 1 saturated heterocycles. The Balaban J connectivity index is 1.62. The van der Waals surface area contributed by atoms with Crippen molar-refractivity contribution >= 4 is 29.3 Å². The van der Waals surface area contributed by atoms with Crippen LogP contribution in [0.2, 0.25) is 0 Å². The first kappa shape index (κ1) is 19.9. The molecule has 1 aromatic heterocycles. The van der Waals surface area contributed by atoms with Crippen molar-refractivity contribution in [3.05, 3.63) is 53.6 Å². The van der Waals surface area contributed by atoms with Gasteiger partial charge in [0.2, 0.25) is 0 Å². The maximum Gasteiger partial charge on any atom is 0.276 e. The fourth-order valence-electron chi connectivity index (χ4n) is 2.72. The molecular formula is C20H22N2O5S. The van der Waals surface area contributed by atoms with Crippen LogP contribution >= 0.6 is 12.2 Å². The van der Waals surface area contributed by atoms with Crippen molar-refractivity contribution in [1.82, 2.24) is 10.2 Å². The Morgan fingerprint density at radius 3 is 2.71 bits per heavy atom. The number of rotatable bonds is 9. The summed E-state index contributed by atoms with van der Waals surface area (Å²) in [5.41, 5.74) is 0.383. The van der Waals surface area contributed by atoms with Crippen molar-refractivity contribution in [3.8, 4) is 11.5 Å². The van der Waals surface area contributed by atoms with Gasteiger partial charge in [0.15, 0.2) is 16.6 Å². The highest BCUT2D eigenvalue weighted by Gasteiger charge is 2.30. The van der Waals surface area contributed by atoms with Gasteiger partial charge in [0.25, 0.3) is 5.91 Å². The number of amides is 1. The van der Waals surface area contributed by atoms with Crippen molar-refractivity contribution in [2.75, 3.05) is 27.4 Å². The number of para-hydroxylation sites is 2. The van der Waals surface area contributed by atoms with Gasteiger partial charge in [0, 0.05) is 26.3 Å². The molecule has 0 aliphatic carbocycles. The molecule has 1 aromatic carbocycles. The van der Waals surface area contributed by atoms with E-state index < -0.39 is 0 Å². The lowest BCUT2D eigenvalue weighted by molar-refractivity contribution is -0.122. The summed E-state index contributed by atoms with van der Waals surface area (Å²) in [6, 6.07) is 11.0. The van der Waals surface area contributed by atoms with Crippen molar-refractivity contribution in [2.45, 2.75) is 13.0 Å². The van der Waals surface area contributed by atoms with Crippen LogP contribution in [0.25, 0.3) is 6.08 Å². The maximum atomic E-state index is 12.5. The molecule has 3 rings (SSSR count). The Morgan fingerprint density at radius 1 is 1.18 bits per heavy atom. The maximum absolute atomic E-state index is 12.5. The van der Waals surface area contributed by atoms with Gasteiger partial charge in [-0.05, 0) is 42.9 Å². The van der Waals surface area contributed by atoms with Gasteiger partial charge in [-0.25, -0.2) is 0 Å². The van der Waals surface area contributed by atoms with Gasteiger partial charge in [0.1, 0.15) is 23.8 Å². The lowest BCUT2D eigenvalue weighted by atomic mass is 10.3. The number of methoxy groups -OCH3 is 2. The van der Waals surface area contributed by atoms with Crippen LogP contribution in [0, 0.1) is 0 Å². The Morgan fingerprint density at radius 2 is 1.96 bits per heavy atom. The van der Waals surface area contributed by atoms with E-state index in [4.69, 9.17) is 30.8 Å². The molecule has 0 saturated carbocycles. The molecule has 8 heteroatoms. The van der Waals surface area contributed by atoms with Crippen LogP contribution < -0.4 is 14.8 Å². The zero-order chi connectivity index (χ0) is 19.9. The molecule has 7 nitrogen and oxygen atoms in total. The molecule has 0 unspecified atom stereocenters. The van der Waals surface area contributed by atoms with Gasteiger partial charge < -0.3 is 23.9 Å². The fraction of sp³-hybridized carbons (Fsp3) is 0.300. The van der Waals surface area contributed by atoms with Crippen LogP contribution in [0.3, 0.4) is 0 Å². The first-order chi connectivity index (χ1) is 13.6. The number of furan rings is 1. The van der Waals surface area contributed by atoms with Crippen molar-refractivity contribution in [3.63, 3.8) is 0 Å².